The minimum Gasteiger partial charge on any atom is -0.465 e. The van der Waals surface area contributed by atoms with Gasteiger partial charge in [-0.3, -0.25) is 0 Å². The van der Waals surface area contributed by atoms with E-state index in [2.05, 4.69) is 12.1 Å². The van der Waals surface area contributed by atoms with Crippen LogP contribution in [0.15, 0.2) is 48.5 Å². The first kappa shape index (κ1) is 13.1. The zero-order chi connectivity index (χ0) is 13.7. The lowest BCUT2D eigenvalue weighted by molar-refractivity contribution is 0.0599. The molecule has 0 aliphatic rings. The predicted molar refractivity (Wildman–Crippen MR) is 76.0 cm³/mol. The van der Waals surface area contributed by atoms with Gasteiger partial charge in [0.25, 0.3) is 0 Å². The van der Waals surface area contributed by atoms with E-state index in [1.807, 2.05) is 30.3 Å². The number of carbonyl (C=O) groups is 1. The molecule has 0 aliphatic heterocycles. The van der Waals surface area contributed by atoms with Gasteiger partial charge in [-0.25, -0.2) is 4.79 Å². The molecule has 0 fully saturated rings. The fourth-order valence-corrected chi connectivity index (χ4v) is 2.04. The predicted octanol–water partition coefficient (Wildman–Crippen LogP) is 2.84. The number of nitrogen functional groups attached to an aromatic ring is 1. The molecule has 0 bridgehead atoms. The van der Waals surface area contributed by atoms with E-state index < -0.39 is 0 Å². The standard InChI is InChI=1S/C16H17NO2/c1-19-16(18)15-11-14(17)10-9-13(15)8-7-12-5-3-2-4-6-12/h2-6,9-11H,7-8,17H2,1H3. The highest BCUT2D eigenvalue weighted by Crippen LogP contribution is 2.17. The maximum absolute atomic E-state index is 11.7. The van der Waals surface area contributed by atoms with Crippen LogP contribution in [-0.2, 0) is 17.6 Å². The number of ether oxygens (including phenoxy) is 1. The van der Waals surface area contributed by atoms with Gasteiger partial charge in [0.1, 0.15) is 0 Å². The third kappa shape index (κ3) is 3.35. The summed E-state index contributed by atoms with van der Waals surface area (Å²) in [5, 5.41) is 0. The van der Waals surface area contributed by atoms with Crippen molar-refractivity contribution in [2.24, 2.45) is 0 Å². The molecule has 19 heavy (non-hydrogen) atoms. The summed E-state index contributed by atoms with van der Waals surface area (Å²) >= 11 is 0. The molecule has 2 N–H and O–H groups in total. The molecular formula is C16H17NO2. The van der Waals surface area contributed by atoms with Gasteiger partial charge in [0.2, 0.25) is 0 Å². The zero-order valence-corrected chi connectivity index (χ0v) is 10.9. The number of rotatable bonds is 4. The Morgan fingerprint density at radius 1 is 1.11 bits per heavy atom. The first-order chi connectivity index (χ1) is 9.20. The molecule has 0 unspecified atom stereocenters. The minimum atomic E-state index is -0.338. The van der Waals surface area contributed by atoms with Gasteiger partial charge in [-0.1, -0.05) is 36.4 Å². The number of carbonyl (C=O) groups excluding carboxylic acids is 1. The smallest absolute Gasteiger partial charge is 0.338 e. The summed E-state index contributed by atoms with van der Waals surface area (Å²) in [5.41, 5.74) is 9.05. The minimum absolute atomic E-state index is 0.338. The van der Waals surface area contributed by atoms with Gasteiger partial charge in [0.15, 0.2) is 0 Å². The number of methoxy groups -OCH3 is 1. The number of nitrogens with two attached hydrogens (primary N) is 1. The Bertz CT molecular complexity index is 564. The lowest BCUT2D eigenvalue weighted by Crippen LogP contribution is -2.07. The van der Waals surface area contributed by atoms with Crippen LogP contribution in [0.4, 0.5) is 5.69 Å². The Hall–Kier alpha value is -2.29. The van der Waals surface area contributed by atoms with E-state index in [0.29, 0.717) is 11.3 Å². The monoisotopic (exact) mass is 255 g/mol. The van der Waals surface area contributed by atoms with E-state index in [4.69, 9.17) is 10.5 Å². The fraction of sp³-hybridized carbons (Fsp3) is 0.188. The lowest BCUT2D eigenvalue weighted by Gasteiger charge is -2.09. The van der Waals surface area contributed by atoms with E-state index >= 15 is 0 Å². The molecule has 2 aromatic carbocycles. The van der Waals surface area contributed by atoms with Crippen LogP contribution >= 0.6 is 0 Å². The van der Waals surface area contributed by atoms with Crippen molar-refractivity contribution in [1.82, 2.24) is 0 Å². The fourth-order valence-electron chi connectivity index (χ4n) is 2.04. The Balaban J connectivity index is 2.18. The van der Waals surface area contributed by atoms with Crippen molar-refractivity contribution in [2.45, 2.75) is 12.8 Å². The molecule has 0 amide bonds. The van der Waals surface area contributed by atoms with Crippen molar-refractivity contribution >= 4 is 11.7 Å². The molecule has 0 heterocycles. The highest BCUT2D eigenvalue weighted by Gasteiger charge is 2.12. The third-order valence-electron chi connectivity index (χ3n) is 3.07. The number of anilines is 1. The van der Waals surface area contributed by atoms with E-state index in [1.165, 1.54) is 12.7 Å². The molecule has 0 aromatic heterocycles. The molecule has 0 spiro atoms. The van der Waals surface area contributed by atoms with Crippen LogP contribution in [0.5, 0.6) is 0 Å². The second-order valence-corrected chi connectivity index (χ2v) is 4.39. The molecule has 0 saturated heterocycles. The highest BCUT2D eigenvalue weighted by molar-refractivity contribution is 5.92. The summed E-state index contributed by atoms with van der Waals surface area (Å²) < 4.78 is 4.79. The summed E-state index contributed by atoms with van der Waals surface area (Å²) in [5.74, 6) is -0.338. The van der Waals surface area contributed by atoms with Crippen LogP contribution in [0.1, 0.15) is 21.5 Å². The SMILES string of the molecule is COC(=O)c1cc(N)ccc1CCc1ccccc1. The Kier molecular flexibility index (Phi) is 4.18. The van der Waals surface area contributed by atoms with E-state index in [0.717, 1.165) is 18.4 Å². The Labute approximate surface area is 113 Å². The molecule has 0 aliphatic carbocycles. The van der Waals surface area contributed by atoms with Gasteiger partial charge in [-0.2, -0.15) is 0 Å². The first-order valence-electron chi connectivity index (χ1n) is 6.21. The Morgan fingerprint density at radius 2 is 1.84 bits per heavy atom. The van der Waals surface area contributed by atoms with Crippen molar-refractivity contribution < 1.29 is 9.53 Å². The first-order valence-corrected chi connectivity index (χ1v) is 6.21. The van der Waals surface area contributed by atoms with E-state index in [1.54, 1.807) is 6.07 Å². The molecule has 3 nitrogen and oxygen atoms in total. The van der Waals surface area contributed by atoms with Crippen LogP contribution in [0.2, 0.25) is 0 Å². The number of benzene rings is 2. The molecule has 0 radical (unpaired) electrons. The largest absolute Gasteiger partial charge is 0.465 e. The highest BCUT2D eigenvalue weighted by atomic mass is 16.5. The normalized spacial score (nSPS) is 10.2. The topological polar surface area (TPSA) is 52.3 Å². The van der Waals surface area contributed by atoms with Crippen LogP contribution in [0.3, 0.4) is 0 Å². The summed E-state index contributed by atoms with van der Waals surface area (Å²) in [6, 6.07) is 15.6. The number of esters is 1. The summed E-state index contributed by atoms with van der Waals surface area (Å²) in [6.45, 7) is 0. The maximum atomic E-state index is 11.7. The van der Waals surface area contributed by atoms with Crippen molar-refractivity contribution in [1.29, 1.82) is 0 Å². The number of aryl methyl sites for hydroxylation is 2. The molecular weight excluding hydrogens is 238 g/mol. The molecule has 2 rings (SSSR count). The summed E-state index contributed by atoms with van der Waals surface area (Å²) in [6.07, 6.45) is 1.67. The maximum Gasteiger partial charge on any atom is 0.338 e. The number of hydrogen-bond donors (Lipinski definition) is 1. The zero-order valence-electron chi connectivity index (χ0n) is 10.9. The van der Waals surface area contributed by atoms with Gasteiger partial charge >= 0.3 is 5.97 Å². The second kappa shape index (κ2) is 6.05. The Morgan fingerprint density at radius 3 is 2.53 bits per heavy atom. The van der Waals surface area contributed by atoms with Crippen molar-refractivity contribution in [3.63, 3.8) is 0 Å². The second-order valence-electron chi connectivity index (χ2n) is 4.39. The summed E-state index contributed by atoms with van der Waals surface area (Å²) in [4.78, 5) is 11.7. The van der Waals surface area contributed by atoms with Crippen LogP contribution in [0.25, 0.3) is 0 Å². The lowest BCUT2D eigenvalue weighted by atomic mass is 9.99. The molecule has 3 heteroatoms. The average Bonchev–Trinajstić information content (AvgIpc) is 2.46. The van der Waals surface area contributed by atoms with Gasteiger partial charge in [-0.15, -0.1) is 0 Å². The number of hydrogen-bond acceptors (Lipinski definition) is 3. The van der Waals surface area contributed by atoms with Gasteiger partial charge in [0, 0.05) is 5.69 Å². The molecule has 2 aromatic rings. The van der Waals surface area contributed by atoms with Crippen molar-refractivity contribution in [3.8, 4) is 0 Å². The quantitative estimate of drug-likeness (QED) is 0.675. The van der Waals surface area contributed by atoms with Gasteiger partial charge in [-0.05, 0) is 36.1 Å². The molecule has 98 valence electrons. The molecule has 0 atom stereocenters. The van der Waals surface area contributed by atoms with Crippen LogP contribution < -0.4 is 5.73 Å². The average molecular weight is 255 g/mol. The van der Waals surface area contributed by atoms with Crippen LogP contribution in [0, 0.1) is 0 Å². The van der Waals surface area contributed by atoms with Crippen molar-refractivity contribution in [3.05, 3.63) is 65.2 Å². The van der Waals surface area contributed by atoms with Crippen LogP contribution in [-0.4, -0.2) is 13.1 Å². The third-order valence-corrected chi connectivity index (χ3v) is 3.07. The van der Waals surface area contributed by atoms with E-state index in [-0.39, 0.29) is 5.97 Å². The van der Waals surface area contributed by atoms with Gasteiger partial charge < -0.3 is 10.5 Å². The van der Waals surface area contributed by atoms with E-state index in [9.17, 15) is 4.79 Å². The summed E-state index contributed by atoms with van der Waals surface area (Å²) in [7, 11) is 1.38. The van der Waals surface area contributed by atoms with Crippen molar-refractivity contribution in [2.75, 3.05) is 12.8 Å². The molecule has 0 saturated carbocycles. The van der Waals surface area contributed by atoms with Gasteiger partial charge in [0.05, 0.1) is 12.7 Å².